The predicted octanol–water partition coefficient (Wildman–Crippen LogP) is 0.897. The molecule has 1 fully saturated rings. The SMILES string of the molecule is CC(C(=O)NC(C(=O)O)C1CCCOC1)n1nnc(-c2ccccc2)n1. The van der Waals surface area contributed by atoms with Gasteiger partial charge in [-0.3, -0.25) is 4.79 Å². The van der Waals surface area contributed by atoms with Gasteiger partial charge in [-0.15, -0.1) is 10.2 Å². The van der Waals surface area contributed by atoms with Crippen molar-refractivity contribution in [3.05, 3.63) is 30.3 Å². The molecule has 0 bridgehead atoms. The monoisotopic (exact) mass is 359 g/mol. The number of nitrogens with zero attached hydrogens (tertiary/aromatic N) is 4. The van der Waals surface area contributed by atoms with E-state index in [2.05, 4.69) is 20.7 Å². The van der Waals surface area contributed by atoms with Gasteiger partial charge >= 0.3 is 5.97 Å². The Balaban J connectivity index is 1.68. The Morgan fingerprint density at radius 1 is 1.35 bits per heavy atom. The minimum atomic E-state index is -1.07. The van der Waals surface area contributed by atoms with Crippen molar-refractivity contribution in [2.24, 2.45) is 5.92 Å². The molecule has 0 saturated carbocycles. The van der Waals surface area contributed by atoms with Crippen LogP contribution in [0.25, 0.3) is 11.4 Å². The minimum absolute atomic E-state index is 0.249. The molecule has 2 heterocycles. The Morgan fingerprint density at radius 3 is 2.77 bits per heavy atom. The summed E-state index contributed by atoms with van der Waals surface area (Å²) < 4.78 is 5.34. The van der Waals surface area contributed by atoms with Gasteiger partial charge in [0.05, 0.1) is 6.61 Å². The molecule has 2 N–H and O–H groups in total. The zero-order valence-corrected chi connectivity index (χ0v) is 14.4. The van der Waals surface area contributed by atoms with Gasteiger partial charge in [0, 0.05) is 18.1 Å². The average molecular weight is 359 g/mol. The maximum absolute atomic E-state index is 12.5. The summed E-state index contributed by atoms with van der Waals surface area (Å²) in [4.78, 5) is 25.3. The third kappa shape index (κ3) is 4.05. The first-order valence-electron chi connectivity index (χ1n) is 8.52. The second-order valence-electron chi connectivity index (χ2n) is 6.28. The number of aromatic nitrogens is 4. The van der Waals surface area contributed by atoms with Gasteiger partial charge in [0.2, 0.25) is 11.7 Å². The summed E-state index contributed by atoms with van der Waals surface area (Å²) in [5.41, 5.74) is 0.786. The molecule has 1 aliphatic heterocycles. The van der Waals surface area contributed by atoms with Gasteiger partial charge in [0.25, 0.3) is 0 Å². The van der Waals surface area contributed by atoms with Gasteiger partial charge in [-0.2, -0.15) is 4.80 Å². The quantitative estimate of drug-likeness (QED) is 0.786. The molecule has 1 aromatic carbocycles. The molecule has 138 valence electrons. The number of tetrazole rings is 1. The molecule has 0 radical (unpaired) electrons. The van der Waals surface area contributed by atoms with Gasteiger partial charge in [-0.05, 0) is 25.0 Å². The van der Waals surface area contributed by atoms with E-state index >= 15 is 0 Å². The number of hydrogen-bond donors (Lipinski definition) is 2. The second-order valence-corrected chi connectivity index (χ2v) is 6.28. The number of ether oxygens (including phenoxy) is 1. The molecule has 3 unspecified atom stereocenters. The number of carbonyl (C=O) groups excluding carboxylic acids is 1. The topological polar surface area (TPSA) is 119 Å². The highest BCUT2D eigenvalue weighted by atomic mass is 16.5. The van der Waals surface area contributed by atoms with Gasteiger partial charge in [0.15, 0.2) is 0 Å². The van der Waals surface area contributed by atoms with E-state index in [1.54, 1.807) is 6.92 Å². The lowest BCUT2D eigenvalue weighted by molar-refractivity contribution is -0.145. The van der Waals surface area contributed by atoms with Crippen LogP contribution < -0.4 is 5.32 Å². The third-order valence-electron chi connectivity index (χ3n) is 4.42. The molecule has 0 aliphatic carbocycles. The van der Waals surface area contributed by atoms with E-state index in [0.29, 0.717) is 25.5 Å². The molecular formula is C17H21N5O4. The summed E-state index contributed by atoms with van der Waals surface area (Å²) in [6.45, 7) is 2.55. The van der Waals surface area contributed by atoms with Crippen LogP contribution in [0, 0.1) is 5.92 Å². The molecule has 3 atom stereocenters. The molecule has 9 heteroatoms. The Kier molecular flexibility index (Phi) is 5.57. The lowest BCUT2D eigenvalue weighted by Gasteiger charge is -2.28. The van der Waals surface area contributed by atoms with Crippen molar-refractivity contribution < 1.29 is 19.4 Å². The van der Waals surface area contributed by atoms with Crippen molar-refractivity contribution in [2.75, 3.05) is 13.2 Å². The standard InChI is InChI=1S/C17H21N5O4/c1-11(22-20-15(19-21-22)12-6-3-2-4-7-12)16(23)18-14(17(24)25)13-8-5-9-26-10-13/h2-4,6-7,11,13-14H,5,8-10H2,1H3,(H,18,23)(H,24,25). The highest BCUT2D eigenvalue weighted by Gasteiger charge is 2.33. The van der Waals surface area contributed by atoms with Crippen molar-refractivity contribution >= 4 is 11.9 Å². The van der Waals surface area contributed by atoms with Crippen LogP contribution in [-0.2, 0) is 14.3 Å². The highest BCUT2D eigenvalue weighted by Crippen LogP contribution is 2.19. The number of rotatable bonds is 6. The number of nitrogens with one attached hydrogen (secondary N) is 1. The van der Waals surface area contributed by atoms with Crippen LogP contribution in [0.1, 0.15) is 25.8 Å². The molecular weight excluding hydrogens is 338 g/mol. The summed E-state index contributed by atoms with van der Waals surface area (Å²) in [5, 5.41) is 24.2. The number of carboxylic acids is 1. The third-order valence-corrected chi connectivity index (χ3v) is 4.42. The van der Waals surface area contributed by atoms with Crippen molar-refractivity contribution in [2.45, 2.75) is 31.8 Å². The molecule has 1 aliphatic rings. The zero-order chi connectivity index (χ0) is 18.5. The van der Waals surface area contributed by atoms with E-state index in [1.807, 2.05) is 30.3 Å². The van der Waals surface area contributed by atoms with Crippen LogP contribution >= 0.6 is 0 Å². The minimum Gasteiger partial charge on any atom is -0.480 e. The summed E-state index contributed by atoms with van der Waals surface area (Å²) in [7, 11) is 0. The van der Waals surface area contributed by atoms with E-state index in [1.165, 1.54) is 4.80 Å². The van der Waals surface area contributed by atoms with Crippen molar-refractivity contribution in [1.29, 1.82) is 0 Å². The van der Waals surface area contributed by atoms with Crippen molar-refractivity contribution in [1.82, 2.24) is 25.5 Å². The molecule has 0 spiro atoms. The van der Waals surface area contributed by atoms with Crippen LogP contribution in [0.3, 0.4) is 0 Å². The fourth-order valence-electron chi connectivity index (χ4n) is 2.88. The molecule has 2 aromatic rings. The first-order valence-corrected chi connectivity index (χ1v) is 8.52. The van der Waals surface area contributed by atoms with Gasteiger partial charge in [-0.25, -0.2) is 4.79 Å². The van der Waals surface area contributed by atoms with Crippen molar-refractivity contribution in [3.63, 3.8) is 0 Å². The van der Waals surface area contributed by atoms with Crippen molar-refractivity contribution in [3.8, 4) is 11.4 Å². The Labute approximate surface area is 150 Å². The molecule has 9 nitrogen and oxygen atoms in total. The number of aliphatic carboxylic acids is 1. The Hall–Kier alpha value is -2.81. The van der Waals surface area contributed by atoms with Gasteiger partial charge < -0.3 is 15.2 Å². The molecule has 1 aromatic heterocycles. The first-order chi connectivity index (χ1) is 12.6. The maximum Gasteiger partial charge on any atom is 0.326 e. The van der Waals surface area contributed by atoms with Crippen LogP contribution in [0.5, 0.6) is 0 Å². The fraction of sp³-hybridized carbons (Fsp3) is 0.471. The van der Waals surface area contributed by atoms with E-state index in [-0.39, 0.29) is 5.92 Å². The maximum atomic E-state index is 12.5. The van der Waals surface area contributed by atoms with E-state index in [0.717, 1.165) is 12.0 Å². The lowest BCUT2D eigenvalue weighted by Crippen LogP contribution is -2.50. The molecule has 1 amide bonds. The number of carboxylic acid groups (broad SMARTS) is 1. The second kappa shape index (κ2) is 8.05. The number of amides is 1. The van der Waals surface area contributed by atoms with Crippen LogP contribution in [0.4, 0.5) is 0 Å². The number of carbonyl (C=O) groups is 2. The highest BCUT2D eigenvalue weighted by molar-refractivity contribution is 5.85. The Morgan fingerprint density at radius 2 is 2.12 bits per heavy atom. The van der Waals surface area contributed by atoms with Crippen LogP contribution in [-0.4, -0.2) is 56.4 Å². The van der Waals surface area contributed by atoms with Gasteiger partial charge in [0.1, 0.15) is 12.1 Å². The fourth-order valence-corrected chi connectivity index (χ4v) is 2.88. The summed E-state index contributed by atoms with van der Waals surface area (Å²) in [5.74, 6) is -1.39. The average Bonchev–Trinajstić information content (AvgIpc) is 3.16. The normalized spacial score (nSPS) is 19.5. The zero-order valence-electron chi connectivity index (χ0n) is 14.4. The predicted molar refractivity (Wildman–Crippen MR) is 91.1 cm³/mol. The summed E-state index contributed by atoms with van der Waals surface area (Å²) in [6, 6.07) is 7.50. The van der Waals surface area contributed by atoms with E-state index < -0.39 is 24.0 Å². The molecule has 26 heavy (non-hydrogen) atoms. The van der Waals surface area contributed by atoms with Crippen LogP contribution in [0.2, 0.25) is 0 Å². The van der Waals surface area contributed by atoms with E-state index in [4.69, 9.17) is 4.74 Å². The number of benzene rings is 1. The first kappa shape index (κ1) is 18.0. The summed E-state index contributed by atoms with van der Waals surface area (Å²) >= 11 is 0. The smallest absolute Gasteiger partial charge is 0.326 e. The van der Waals surface area contributed by atoms with Crippen LogP contribution in [0.15, 0.2) is 30.3 Å². The molecule has 3 rings (SSSR count). The Bertz CT molecular complexity index is 758. The largest absolute Gasteiger partial charge is 0.480 e. The number of hydrogen-bond acceptors (Lipinski definition) is 6. The van der Waals surface area contributed by atoms with E-state index in [9.17, 15) is 14.7 Å². The van der Waals surface area contributed by atoms with Gasteiger partial charge in [-0.1, -0.05) is 30.3 Å². The molecule has 1 saturated heterocycles. The lowest BCUT2D eigenvalue weighted by atomic mass is 9.93. The summed E-state index contributed by atoms with van der Waals surface area (Å²) in [6.07, 6.45) is 1.48.